The molecule has 3 unspecified atom stereocenters. The molecule has 2 heterocycles. The van der Waals surface area contributed by atoms with Crippen molar-refractivity contribution >= 4 is 23.0 Å². The molecule has 1 saturated heterocycles. The highest BCUT2D eigenvalue weighted by molar-refractivity contribution is 5.90. The summed E-state index contributed by atoms with van der Waals surface area (Å²) in [6.07, 6.45) is 4.30. The Morgan fingerprint density at radius 3 is 2.72 bits per heavy atom. The van der Waals surface area contributed by atoms with Crippen LogP contribution in [0.5, 0.6) is 0 Å². The maximum absolute atomic E-state index is 13.1. The van der Waals surface area contributed by atoms with E-state index in [9.17, 15) is 9.59 Å². The quantitative estimate of drug-likeness (QED) is 0.601. The van der Waals surface area contributed by atoms with Gasteiger partial charge in [-0.25, -0.2) is 9.48 Å². The maximum atomic E-state index is 13.1. The molecule has 0 spiro atoms. The number of nitrogens with one attached hydrogen (secondary N) is 3. The Labute approximate surface area is 167 Å². The number of rotatable bonds is 3. The fourth-order valence-corrected chi connectivity index (χ4v) is 4.46. The number of carbonyl (C=O) groups is 1. The number of hydrogen-bond acceptors (Lipinski definition) is 3. The number of nitrogens with zero attached hydrogens (tertiary/aromatic N) is 2. The van der Waals surface area contributed by atoms with Gasteiger partial charge in [0.1, 0.15) is 0 Å². The second kappa shape index (κ2) is 6.92. The molecule has 1 aromatic heterocycles. The fraction of sp³-hybridized carbons (Fsp3) is 0.318. The Hall–Kier alpha value is -3.35. The molecule has 7 heteroatoms. The summed E-state index contributed by atoms with van der Waals surface area (Å²) in [4.78, 5) is 29.3. The van der Waals surface area contributed by atoms with E-state index in [1.54, 1.807) is 10.9 Å². The van der Waals surface area contributed by atoms with Crippen molar-refractivity contribution in [1.29, 1.82) is 0 Å². The second-order valence-corrected chi connectivity index (χ2v) is 7.87. The molecule has 0 bridgehead atoms. The van der Waals surface area contributed by atoms with Gasteiger partial charge in [0.15, 0.2) is 0 Å². The van der Waals surface area contributed by atoms with E-state index in [-0.39, 0.29) is 29.7 Å². The summed E-state index contributed by atoms with van der Waals surface area (Å²) in [5.74, 6) is 0. The molecule has 7 nitrogen and oxygen atoms in total. The third-order valence-electron chi connectivity index (χ3n) is 5.99. The maximum Gasteiger partial charge on any atom is 0.315 e. The number of aromatic nitrogens is 2. The summed E-state index contributed by atoms with van der Waals surface area (Å²) in [5, 5.41) is 11.2. The number of amides is 2. The third-order valence-corrected chi connectivity index (χ3v) is 5.99. The fourth-order valence-electron chi connectivity index (χ4n) is 4.46. The van der Waals surface area contributed by atoms with E-state index in [1.165, 1.54) is 0 Å². The molecule has 148 valence electrons. The number of benzene rings is 2. The number of aliphatic imine (C=N–C) groups is 1. The highest BCUT2D eigenvalue weighted by atomic mass is 16.2. The second-order valence-electron chi connectivity index (χ2n) is 7.87. The Bertz CT molecular complexity index is 1170. The highest BCUT2D eigenvalue weighted by Gasteiger charge is 2.36. The number of H-pyrrole nitrogens is 1. The van der Waals surface area contributed by atoms with Crippen LogP contribution in [0.15, 0.2) is 52.3 Å². The first-order valence-electron chi connectivity index (χ1n) is 10.00. The lowest BCUT2D eigenvalue weighted by Gasteiger charge is -2.28. The van der Waals surface area contributed by atoms with Crippen molar-refractivity contribution in [3.8, 4) is 5.69 Å². The molecule has 3 N–H and O–H groups in total. The van der Waals surface area contributed by atoms with E-state index >= 15 is 0 Å². The van der Waals surface area contributed by atoms with Crippen molar-refractivity contribution in [1.82, 2.24) is 20.4 Å². The van der Waals surface area contributed by atoms with Crippen LogP contribution in [0, 0.1) is 6.92 Å². The van der Waals surface area contributed by atoms with Crippen molar-refractivity contribution in [2.45, 2.75) is 44.3 Å². The van der Waals surface area contributed by atoms with Gasteiger partial charge in [-0.05, 0) is 37.6 Å². The van der Waals surface area contributed by atoms with Crippen LogP contribution in [0.2, 0.25) is 0 Å². The smallest absolute Gasteiger partial charge is 0.315 e. The summed E-state index contributed by atoms with van der Waals surface area (Å²) in [5.41, 5.74) is 2.09. The van der Waals surface area contributed by atoms with Crippen LogP contribution >= 0.6 is 0 Å². The third kappa shape index (κ3) is 3.12. The van der Waals surface area contributed by atoms with E-state index in [4.69, 9.17) is 4.99 Å². The van der Waals surface area contributed by atoms with Gasteiger partial charge in [-0.1, -0.05) is 36.4 Å². The van der Waals surface area contributed by atoms with E-state index < -0.39 is 0 Å². The Kier molecular flexibility index (Phi) is 4.23. The largest absolute Gasteiger partial charge is 0.333 e. The number of hydrogen-bond donors (Lipinski definition) is 3. The first-order valence-corrected chi connectivity index (χ1v) is 10.00. The zero-order valence-corrected chi connectivity index (χ0v) is 16.2. The zero-order chi connectivity index (χ0) is 20.0. The summed E-state index contributed by atoms with van der Waals surface area (Å²) < 4.78 is 1.59. The molecule has 2 amide bonds. The molecule has 1 aliphatic carbocycles. The van der Waals surface area contributed by atoms with Crippen molar-refractivity contribution in [3.63, 3.8) is 0 Å². The minimum absolute atomic E-state index is 0.0934. The van der Waals surface area contributed by atoms with Gasteiger partial charge in [0.25, 0.3) is 5.56 Å². The number of fused-ring (bicyclic) bond motifs is 2. The molecular formula is C22H23N5O2. The van der Waals surface area contributed by atoms with Gasteiger partial charge in [0.2, 0.25) is 0 Å². The number of aryl methyl sites for hydroxylation is 1. The van der Waals surface area contributed by atoms with Gasteiger partial charge in [-0.15, -0.1) is 0 Å². The summed E-state index contributed by atoms with van der Waals surface area (Å²) in [7, 11) is 0. The van der Waals surface area contributed by atoms with Crippen molar-refractivity contribution in [2.75, 3.05) is 0 Å². The van der Waals surface area contributed by atoms with Gasteiger partial charge in [0, 0.05) is 17.3 Å². The van der Waals surface area contributed by atoms with Crippen LogP contribution in [0.1, 0.15) is 30.5 Å². The van der Waals surface area contributed by atoms with Crippen molar-refractivity contribution in [3.05, 3.63) is 64.1 Å². The van der Waals surface area contributed by atoms with Gasteiger partial charge < -0.3 is 10.6 Å². The highest BCUT2D eigenvalue weighted by Crippen LogP contribution is 2.25. The van der Waals surface area contributed by atoms with Crippen molar-refractivity contribution < 1.29 is 4.79 Å². The summed E-state index contributed by atoms with van der Waals surface area (Å²) in [6.45, 7) is 1.89. The predicted molar refractivity (Wildman–Crippen MR) is 113 cm³/mol. The van der Waals surface area contributed by atoms with Gasteiger partial charge in [-0.3, -0.25) is 14.9 Å². The van der Waals surface area contributed by atoms with Gasteiger partial charge >= 0.3 is 6.03 Å². The zero-order valence-electron chi connectivity index (χ0n) is 16.2. The van der Waals surface area contributed by atoms with Gasteiger partial charge in [-0.2, -0.15) is 0 Å². The normalized spacial score (nSPS) is 23.9. The lowest BCUT2D eigenvalue weighted by molar-refractivity contribution is 0.247. The van der Waals surface area contributed by atoms with Crippen molar-refractivity contribution in [2.24, 2.45) is 4.99 Å². The monoisotopic (exact) mass is 389 g/mol. The van der Waals surface area contributed by atoms with Crippen LogP contribution in [0.3, 0.4) is 0 Å². The van der Waals surface area contributed by atoms with Crippen LogP contribution in [-0.2, 0) is 0 Å². The molecule has 1 aliphatic heterocycles. The molecule has 3 atom stereocenters. The molecule has 2 fully saturated rings. The molecular weight excluding hydrogens is 366 g/mol. The van der Waals surface area contributed by atoms with Crippen LogP contribution < -0.4 is 16.2 Å². The van der Waals surface area contributed by atoms with Crippen LogP contribution in [0.4, 0.5) is 4.79 Å². The van der Waals surface area contributed by atoms with E-state index in [0.717, 1.165) is 41.4 Å². The number of urea groups is 1. The SMILES string of the molecule is Cc1[nH]n(-c2cccc3ccccc23)c(=O)c1C=NC1CCC2NC(=O)NC2C1. The first-order chi connectivity index (χ1) is 14.1. The predicted octanol–water partition coefficient (Wildman–Crippen LogP) is 2.65. The Morgan fingerprint density at radius 2 is 1.83 bits per heavy atom. The molecule has 29 heavy (non-hydrogen) atoms. The molecule has 2 aromatic carbocycles. The average Bonchev–Trinajstić information content (AvgIpc) is 3.23. The molecule has 5 rings (SSSR count). The van der Waals surface area contributed by atoms with E-state index in [1.807, 2.05) is 49.4 Å². The lowest BCUT2D eigenvalue weighted by atomic mass is 9.88. The molecule has 0 radical (unpaired) electrons. The van der Waals surface area contributed by atoms with E-state index in [2.05, 4.69) is 15.7 Å². The van der Waals surface area contributed by atoms with Crippen LogP contribution in [-0.4, -0.2) is 40.2 Å². The lowest BCUT2D eigenvalue weighted by Crippen LogP contribution is -2.40. The standard InChI is InChI=1S/C22H23N5O2/c1-13-17(12-23-15-9-10-18-19(11-15)25-22(29)24-18)21(28)27(26-13)20-8-4-6-14-5-2-3-7-16(14)20/h2-8,12,15,18-19,26H,9-11H2,1H3,(H2,24,25,29). The first kappa shape index (κ1) is 17.7. The minimum atomic E-state index is -0.105. The number of carbonyl (C=O) groups excluding carboxylic acids is 1. The number of aromatic amines is 1. The summed E-state index contributed by atoms with van der Waals surface area (Å²) >= 11 is 0. The molecule has 3 aromatic rings. The van der Waals surface area contributed by atoms with Crippen LogP contribution in [0.25, 0.3) is 16.5 Å². The Morgan fingerprint density at radius 1 is 1.03 bits per heavy atom. The Balaban J connectivity index is 1.44. The van der Waals surface area contributed by atoms with E-state index in [0.29, 0.717) is 5.56 Å². The minimum Gasteiger partial charge on any atom is -0.333 e. The average molecular weight is 389 g/mol. The molecule has 1 saturated carbocycles. The topological polar surface area (TPSA) is 91.3 Å². The van der Waals surface area contributed by atoms with Gasteiger partial charge in [0.05, 0.1) is 29.4 Å². The molecule has 2 aliphatic rings. The summed E-state index contributed by atoms with van der Waals surface area (Å²) in [6, 6.07) is 14.3.